The maximum absolute atomic E-state index is 11.6. The van der Waals surface area contributed by atoms with Gasteiger partial charge in [-0.1, -0.05) is 11.6 Å². The second-order valence-corrected chi connectivity index (χ2v) is 3.52. The van der Waals surface area contributed by atoms with Gasteiger partial charge in [0.25, 0.3) is 5.78 Å². The van der Waals surface area contributed by atoms with Gasteiger partial charge in [-0.25, -0.2) is 4.79 Å². The van der Waals surface area contributed by atoms with Crippen LogP contribution in [0.5, 0.6) is 17.2 Å². The van der Waals surface area contributed by atoms with Crippen molar-refractivity contribution in [2.24, 2.45) is 0 Å². The Kier molecular flexibility index (Phi) is 4.38. The summed E-state index contributed by atoms with van der Waals surface area (Å²) < 4.78 is 14.9. The van der Waals surface area contributed by atoms with Gasteiger partial charge in [0.2, 0.25) is 0 Å². The van der Waals surface area contributed by atoms with E-state index in [-0.39, 0.29) is 27.8 Å². The van der Waals surface area contributed by atoms with Crippen LogP contribution in [0, 0.1) is 0 Å². The number of carbonyl (C=O) groups is 2. The fourth-order valence-corrected chi connectivity index (χ4v) is 1.71. The quantitative estimate of drug-likeness (QED) is 0.649. The van der Waals surface area contributed by atoms with Crippen molar-refractivity contribution in [3.05, 3.63) is 16.7 Å². The molecule has 1 aromatic rings. The highest BCUT2D eigenvalue weighted by atomic mass is 35.5. The molecule has 0 spiro atoms. The normalized spacial score (nSPS) is 9.78. The fourth-order valence-electron chi connectivity index (χ4n) is 1.41. The Labute approximate surface area is 108 Å². The van der Waals surface area contributed by atoms with E-state index in [2.05, 4.69) is 0 Å². The zero-order valence-electron chi connectivity index (χ0n) is 9.94. The summed E-state index contributed by atoms with van der Waals surface area (Å²) in [6, 6.07) is 1.40. The lowest BCUT2D eigenvalue weighted by Crippen LogP contribution is -2.15. The van der Waals surface area contributed by atoms with Crippen molar-refractivity contribution < 1.29 is 28.9 Å². The Morgan fingerprint density at radius 2 is 1.67 bits per heavy atom. The monoisotopic (exact) mass is 274 g/mol. The molecular weight excluding hydrogens is 264 g/mol. The number of ether oxygens (including phenoxy) is 3. The molecule has 0 unspecified atom stereocenters. The molecule has 0 aromatic heterocycles. The Balaban J connectivity index is 3.63. The summed E-state index contributed by atoms with van der Waals surface area (Å²) in [5, 5.41) is 8.63. The van der Waals surface area contributed by atoms with Crippen LogP contribution in [-0.2, 0) is 4.79 Å². The van der Waals surface area contributed by atoms with E-state index in [9.17, 15) is 9.59 Å². The van der Waals surface area contributed by atoms with Crippen LogP contribution in [0.1, 0.15) is 10.4 Å². The summed E-state index contributed by atoms with van der Waals surface area (Å²) in [6.07, 6.45) is 0. The van der Waals surface area contributed by atoms with Crippen LogP contribution < -0.4 is 14.2 Å². The number of carboxylic acid groups (broad SMARTS) is 1. The lowest BCUT2D eigenvalue weighted by Gasteiger charge is -2.15. The second-order valence-electron chi connectivity index (χ2n) is 3.14. The molecule has 0 radical (unpaired) electrons. The summed E-state index contributed by atoms with van der Waals surface area (Å²) in [5.41, 5.74) is -0.303. The van der Waals surface area contributed by atoms with E-state index in [1.807, 2.05) is 0 Å². The molecule has 0 bridgehead atoms. The molecule has 0 saturated heterocycles. The van der Waals surface area contributed by atoms with Crippen molar-refractivity contribution in [3.8, 4) is 17.2 Å². The van der Waals surface area contributed by atoms with Crippen molar-refractivity contribution in [2.75, 3.05) is 21.3 Å². The van der Waals surface area contributed by atoms with Crippen LogP contribution in [0.4, 0.5) is 0 Å². The Morgan fingerprint density at radius 3 is 2.06 bits per heavy atom. The summed E-state index contributed by atoms with van der Waals surface area (Å²) in [7, 11) is 3.96. The minimum atomic E-state index is -1.65. The van der Waals surface area contributed by atoms with Crippen LogP contribution in [0.2, 0.25) is 5.02 Å². The molecule has 0 atom stereocenters. The predicted octanol–water partition coefficient (Wildman–Crippen LogP) is 1.63. The first-order chi connectivity index (χ1) is 8.47. The predicted molar refractivity (Wildman–Crippen MR) is 63.1 cm³/mol. The van der Waals surface area contributed by atoms with Gasteiger partial charge in [-0.05, 0) is 0 Å². The molecule has 0 fully saturated rings. The van der Waals surface area contributed by atoms with Gasteiger partial charge in [0, 0.05) is 6.07 Å². The number of methoxy groups -OCH3 is 3. The first-order valence-electron chi connectivity index (χ1n) is 4.74. The molecule has 0 saturated carbocycles. The molecular formula is C11H11ClO6. The third-order valence-corrected chi connectivity index (χ3v) is 2.59. The lowest BCUT2D eigenvalue weighted by atomic mass is 10.1. The van der Waals surface area contributed by atoms with Crippen molar-refractivity contribution in [1.29, 1.82) is 0 Å². The average Bonchev–Trinajstić information content (AvgIpc) is 2.36. The molecule has 1 aromatic carbocycles. The molecule has 18 heavy (non-hydrogen) atoms. The van der Waals surface area contributed by atoms with Gasteiger partial charge in [-0.3, -0.25) is 4.79 Å². The van der Waals surface area contributed by atoms with Crippen molar-refractivity contribution in [1.82, 2.24) is 0 Å². The number of aliphatic carboxylic acids is 1. The fraction of sp³-hybridized carbons (Fsp3) is 0.273. The van der Waals surface area contributed by atoms with Crippen LogP contribution in [0.3, 0.4) is 0 Å². The van der Waals surface area contributed by atoms with E-state index in [1.54, 1.807) is 0 Å². The topological polar surface area (TPSA) is 82.1 Å². The van der Waals surface area contributed by atoms with E-state index < -0.39 is 11.8 Å². The highest BCUT2D eigenvalue weighted by Gasteiger charge is 2.28. The largest absolute Gasteiger partial charge is 0.495 e. The Morgan fingerprint density at radius 1 is 1.11 bits per heavy atom. The molecule has 0 aliphatic heterocycles. The zero-order valence-corrected chi connectivity index (χ0v) is 10.7. The molecule has 1 N–H and O–H groups in total. The average molecular weight is 275 g/mol. The van der Waals surface area contributed by atoms with Gasteiger partial charge in [-0.2, -0.15) is 0 Å². The SMILES string of the molecule is COc1cc(OC)c(OC)c(C(=O)C(=O)O)c1Cl. The molecule has 0 aliphatic rings. The molecule has 0 aliphatic carbocycles. The van der Waals surface area contributed by atoms with Crippen LogP contribution in [0.25, 0.3) is 0 Å². The molecule has 0 amide bonds. The standard InChI is InChI=1S/C11H11ClO6/c1-16-5-4-6(17-2)10(18-3)7(8(5)12)9(13)11(14)15/h4H,1-3H3,(H,14,15). The Bertz CT molecular complexity index is 497. The first kappa shape index (κ1) is 14.1. The van der Waals surface area contributed by atoms with E-state index in [1.165, 1.54) is 27.4 Å². The van der Waals surface area contributed by atoms with Crippen molar-refractivity contribution in [2.45, 2.75) is 0 Å². The van der Waals surface area contributed by atoms with E-state index in [0.29, 0.717) is 0 Å². The van der Waals surface area contributed by atoms with Crippen LogP contribution >= 0.6 is 11.6 Å². The number of hydrogen-bond donors (Lipinski definition) is 1. The van der Waals surface area contributed by atoms with Crippen LogP contribution in [-0.4, -0.2) is 38.2 Å². The number of hydrogen-bond acceptors (Lipinski definition) is 5. The van der Waals surface area contributed by atoms with E-state index >= 15 is 0 Å². The summed E-state index contributed by atoms with van der Waals surface area (Å²) in [5.74, 6) is -2.61. The third-order valence-electron chi connectivity index (χ3n) is 2.21. The van der Waals surface area contributed by atoms with Gasteiger partial charge in [0.05, 0.1) is 31.9 Å². The minimum absolute atomic E-state index is 0.0456. The third kappa shape index (κ3) is 2.33. The second kappa shape index (κ2) is 5.59. The van der Waals surface area contributed by atoms with Gasteiger partial charge in [0.1, 0.15) is 5.75 Å². The number of rotatable bonds is 5. The molecule has 98 valence electrons. The summed E-state index contributed by atoms with van der Waals surface area (Å²) >= 11 is 5.92. The van der Waals surface area contributed by atoms with Gasteiger partial charge in [-0.15, -0.1) is 0 Å². The number of carbonyl (C=O) groups excluding carboxylic acids is 1. The lowest BCUT2D eigenvalue weighted by molar-refractivity contribution is -0.131. The van der Waals surface area contributed by atoms with Crippen molar-refractivity contribution >= 4 is 23.4 Å². The maximum Gasteiger partial charge on any atom is 0.377 e. The first-order valence-corrected chi connectivity index (χ1v) is 5.11. The van der Waals surface area contributed by atoms with Gasteiger partial charge >= 0.3 is 5.97 Å². The smallest absolute Gasteiger partial charge is 0.377 e. The highest BCUT2D eigenvalue weighted by molar-refractivity contribution is 6.46. The zero-order chi connectivity index (χ0) is 13.9. The minimum Gasteiger partial charge on any atom is -0.495 e. The van der Waals surface area contributed by atoms with Gasteiger partial charge < -0.3 is 19.3 Å². The van der Waals surface area contributed by atoms with E-state index in [4.69, 9.17) is 30.9 Å². The van der Waals surface area contributed by atoms with Crippen LogP contribution in [0.15, 0.2) is 6.07 Å². The molecule has 6 nitrogen and oxygen atoms in total. The molecule has 1 rings (SSSR count). The van der Waals surface area contributed by atoms with E-state index in [0.717, 1.165) is 0 Å². The highest BCUT2D eigenvalue weighted by Crippen LogP contribution is 2.42. The number of carboxylic acids is 1. The number of Topliss-reactive ketones (excluding diaryl/α,β-unsaturated/α-hetero) is 1. The number of ketones is 1. The van der Waals surface area contributed by atoms with Gasteiger partial charge in [0.15, 0.2) is 11.5 Å². The summed E-state index contributed by atoms with van der Waals surface area (Å²) in [4.78, 5) is 22.4. The maximum atomic E-state index is 11.6. The number of benzene rings is 1. The van der Waals surface area contributed by atoms with Crippen molar-refractivity contribution in [3.63, 3.8) is 0 Å². The molecule has 0 heterocycles. The summed E-state index contributed by atoms with van der Waals surface area (Å²) in [6.45, 7) is 0. The Hall–Kier alpha value is -1.95. The number of halogens is 1. The molecule has 7 heteroatoms.